The Hall–Kier alpha value is -0.220. The molecule has 0 radical (unpaired) electrons. The third-order valence-electron chi connectivity index (χ3n) is 2.36. The second-order valence-electron chi connectivity index (χ2n) is 3.74. The monoisotopic (exact) mass is 216 g/mol. The number of hydrogen-bond acceptors (Lipinski definition) is 3. The first-order valence-corrected chi connectivity index (χ1v) is 6.51. The number of rotatable bonds is 5. The number of nitrogens with one attached hydrogen (secondary N) is 2. The first-order valence-electron chi connectivity index (χ1n) is 5.35. The van der Waals surface area contributed by atoms with Crippen molar-refractivity contribution in [2.75, 3.05) is 18.1 Å². The lowest BCUT2D eigenvalue weighted by Gasteiger charge is -2.17. The van der Waals surface area contributed by atoms with Crippen LogP contribution in [0.5, 0.6) is 0 Å². The lowest BCUT2D eigenvalue weighted by Crippen LogP contribution is -2.46. The Morgan fingerprint density at radius 3 is 3.00 bits per heavy atom. The third-order valence-corrected chi connectivity index (χ3v) is 3.52. The van der Waals surface area contributed by atoms with Gasteiger partial charge >= 0.3 is 0 Å². The molecule has 1 rings (SSSR count). The number of carbonyl (C=O) groups is 1. The minimum Gasteiger partial charge on any atom is -0.355 e. The molecule has 1 heterocycles. The smallest absolute Gasteiger partial charge is 0.236 e. The topological polar surface area (TPSA) is 41.1 Å². The minimum absolute atomic E-state index is 0.0507. The highest BCUT2D eigenvalue weighted by Gasteiger charge is 2.20. The van der Waals surface area contributed by atoms with Crippen LogP contribution < -0.4 is 10.6 Å². The summed E-state index contributed by atoms with van der Waals surface area (Å²) in [7, 11) is 0. The first kappa shape index (κ1) is 11.9. The van der Waals surface area contributed by atoms with Crippen LogP contribution in [-0.2, 0) is 4.79 Å². The summed E-state index contributed by atoms with van der Waals surface area (Å²) in [6.07, 6.45) is 2.19. The molecule has 82 valence electrons. The second kappa shape index (κ2) is 6.30. The molecule has 1 saturated heterocycles. The highest BCUT2D eigenvalue weighted by Crippen LogP contribution is 2.17. The predicted molar refractivity (Wildman–Crippen MR) is 61.6 cm³/mol. The van der Waals surface area contributed by atoms with Gasteiger partial charge < -0.3 is 10.6 Å². The molecule has 0 spiro atoms. The second-order valence-corrected chi connectivity index (χ2v) is 4.89. The van der Waals surface area contributed by atoms with Crippen LogP contribution in [-0.4, -0.2) is 36.0 Å². The zero-order valence-electron chi connectivity index (χ0n) is 9.01. The van der Waals surface area contributed by atoms with Crippen LogP contribution in [0.2, 0.25) is 0 Å². The maximum Gasteiger partial charge on any atom is 0.236 e. The fourth-order valence-electron chi connectivity index (χ4n) is 1.50. The van der Waals surface area contributed by atoms with Crippen LogP contribution >= 0.6 is 11.8 Å². The quantitative estimate of drug-likeness (QED) is 0.720. The molecule has 14 heavy (non-hydrogen) atoms. The Kier molecular flexibility index (Phi) is 5.33. The van der Waals surface area contributed by atoms with Gasteiger partial charge in [0, 0.05) is 18.3 Å². The van der Waals surface area contributed by atoms with E-state index < -0.39 is 0 Å². The van der Waals surface area contributed by atoms with Crippen molar-refractivity contribution in [3.63, 3.8) is 0 Å². The van der Waals surface area contributed by atoms with Crippen molar-refractivity contribution in [1.82, 2.24) is 10.6 Å². The Balaban J connectivity index is 2.18. The third kappa shape index (κ3) is 3.88. The maximum atomic E-state index is 11.5. The number of hydrogen-bond donors (Lipinski definition) is 2. The van der Waals surface area contributed by atoms with Crippen molar-refractivity contribution in [1.29, 1.82) is 0 Å². The van der Waals surface area contributed by atoms with E-state index in [1.54, 1.807) is 0 Å². The number of amides is 1. The van der Waals surface area contributed by atoms with Gasteiger partial charge in [-0.05, 0) is 25.5 Å². The molecule has 2 atom stereocenters. The summed E-state index contributed by atoms with van der Waals surface area (Å²) in [5.74, 6) is 2.50. The van der Waals surface area contributed by atoms with Crippen LogP contribution in [0.4, 0.5) is 0 Å². The van der Waals surface area contributed by atoms with Crippen molar-refractivity contribution in [3.8, 4) is 0 Å². The zero-order chi connectivity index (χ0) is 10.4. The number of carbonyl (C=O) groups excluding carboxylic acids is 1. The summed E-state index contributed by atoms with van der Waals surface area (Å²) in [6.45, 7) is 4.78. The Morgan fingerprint density at radius 1 is 1.64 bits per heavy atom. The molecule has 2 unspecified atom stereocenters. The molecule has 0 aromatic carbocycles. The van der Waals surface area contributed by atoms with Crippen LogP contribution in [0.3, 0.4) is 0 Å². The average molecular weight is 216 g/mol. The highest BCUT2D eigenvalue weighted by molar-refractivity contribution is 7.99. The van der Waals surface area contributed by atoms with Crippen LogP contribution in [0, 0.1) is 0 Å². The molecule has 1 fully saturated rings. The molecule has 0 aromatic heterocycles. The van der Waals surface area contributed by atoms with E-state index in [9.17, 15) is 4.79 Å². The van der Waals surface area contributed by atoms with Gasteiger partial charge in [-0.15, -0.1) is 0 Å². The van der Waals surface area contributed by atoms with Gasteiger partial charge in [-0.1, -0.05) is 6.92 Å². The summed E-state index contributed by atoms with van der Waals surface area (Å²) in [5, 5.41) is 6.25. The van der Waals surface area contributed by atoms with E-state index in [0.717, 1.165) is 18.7 Å². The molecule has 0 bridgehead atoms. The molecule has 3 nitrogen and oxygen atoms in total. The van der Waals surface area contributed by atoms with Gasteiger partial charge in [0.1, 0.15) is 0 Å². The van der Waals surface area contributed by atoms with Crippen molar-refractivity contribution in [3.05, 3.63) is 0 Å². The molecule has 2 N–H and O–H groups in total. The zero-order valence-corrected chi connectivity index (χ0v) is 9.82. The number of thioether (sulfide) groups is 1. The average Bonchev–Trinajstić information content (AvgIpc) is 2.66. The first-order chi connectivity index (χ1) is 6.74. The van der Waals surface area contributed by atoms with E-state index >= 15 is 0 Å². The van der Waals surface area contributed by atoms with E-state index in [-0.39, 0.29) is 11.9 Å². The van der Waals surface area contributed by atoms with E-state index in [2.05, 4.69) is 17.6 Å². The summed E-state index contributed by atoms with van der Waals surface area (Å²) in [6, 6.07) is 0.479. The highest BCUT2D eigenvalue weighted by atomic mass is 32.2. The standard InChI is InChI=1S/C10H20N2OS/c1-3-5-11-10(13)8(2)12-9-4-6-14-7-9/h8-9,12H,3-7H2,1-2H3,(H,11,13). The molecule has 4 heteroatoms. The maximum absolute atomic E-state index is 11.5. The van der Waals surface area contributed by atoms with Gasteiger partial charge in [-0.25, -0.2) is 0 Å². The molecule has 0 saturated carbocycles. The normalized spacial score (nSPS) is 23.4. The van der Waals surface area contributed by atoms with Gasteiger partial charge in [0.05, 0.1) is 6.04 Å². The Morgan fingerprint density at radius 2 is 2.43 bits per heavy atom. The fraction of sp³-hybridized carbons (Fsp3) is 0.900. The summed E-state index contributed by atoms with van der Waals surface area (Å²) in [5.41, 5.74) is 0. The van der Waals surface area contributed by atoms with Crippen molar-refractivity contribution < 1.29 is 4.79 Å². The molecular formula is C10H20N2OS. The van der Waals surface area contributed by atoms with Gasteiger partial charge in [-0.3, -0.25) is 4.79 Å². The van der Waals surface area contributed by atoms with Crippen LogP contribution in [0.1, 0.15) is 26.7 Å². The molecule has 0 aromatic rings. The van der Waals surface area contributed by atoms with Crippen LogP contribution in [0.25, 0.3) is 0 Å². The van der Waals surface area contributed by atoms with Crippen molar-refractivity contribution in [2.45, 2.75) is 38.8 Å². The minimum atomic E-state index is -0.0507. The fourth-order valence-corrected chi connectivity index (χ4v) is 2.66. The van der Waals surface area contributed by atoms with E-state index in [0.29, 0.717) is 6.04 Å². The molecule has 1 amide bonds. The van der Waals surface area contributed by atoms with Gasteiger partial charge in [0.2, 0.25) is 5.91 Å². The van der Waals surface area contributed by atoms with E-state index in [4.69, 9.17) is 0 Å². The predicted octanol–water partition coefficient (Wildman–Crippen LogP) is 0.996. The lowest BCUT2D eigenvalue weighted by molar-refractivity contribution is -0.122. The van der Waals surface area contributed by atoms with Gasteiger partial charge in [0.15, 0.2) is 0 Å². The Bertz CT molecular complexity index is 181. The van der Waals surface area contributed by atoms with Crippen LogP contribution in [0.15, 0.2) is 0 Å². The van der Waals surface area contributed by atoms with Gasteiger partial charge in [0.25, 0.3) is 0 Å². The molecular weight excluding hydrogens is 196 g/mol. The molecule has 1 aliphatic rings. The molecule has 1 aliphatic heterocycles. The summed E-state index contributed by atoms with van der Waals surface area (Å²) in [4.78, 5) is 11.5. The summed E-state index contributed by atoms with van der Waals surface area (Å²) < 4.78 is 0. The lowest BCUT2D eigenvalue weighted by atomic mass is 10.2. The Labute approximate surface area is 90.4 Å². The summed E-state index contributed by atoms with van der Waals surface area (Å²) >= 11 is 1.96. The van der Waals surface area contributed by atoms with Gasteiger partial charge in [-0.2, -0.15) is 11.8 Å². The van der Waals surface area contributed by atoms with E-state index in [1.165, 1.54) is 12.2 Å². The largest absolute Gasteiger partial charge is 0.355 e. The SMILES string of the molecule is CCCNC(=O)C(C)NC1CCSC1. The molecule has 0 aliphatic carbocycles. The van der Waals surface area contributed by atoms with Crippen molar-refractivity contribution >= 4 is 17.7 Å². The van der Waals surface area contributed by atoms with E-state index in [1.807, 2.05) is 18.7 Å². The van der Waals surface area contributed by atoms with Crippen molar-refractivity contribution in [2.24, 2.45) is 0 Å².